The van der Waals surface area contributed by atoms with E-state index in [-0.39, 0.29) is 10.6 Å². The van der Waals surface area contributed by atoms with Gasteiger partial charge < -0.3 is 0 Å². The third-order valence-electron chi connectivity index (χ3n) is 2.60. The second-order valence-electron chi connectivity index (χ2n) is 3.97. The fraction of sp³-hybridized carbons (Fsp3) is 0.143. The topological polar surface area (TPSA) is 0 Å². The summed E-state index contributed by atoms with van der Waals surface area (Å²) in [7, 11) is 0. The van der Waals surface area contributed by atoms with Gasteiger partial charge in [0, 0.05) is 12.9 Å². The monoisotopic (exact) mass is 482 g/mol. The fourth-order valence-corrected chi connectivity index (χ4v) is 3.83. The van der Waals surface area contributed by atoms with Crippen molar-refractivity contribution in [2.45, 2.75) is 11.2 Å². The van der Waals surface area contributed by atoms with Crippen LogP contribution < -0.4 is 0 Å². The fourth-order valence-electron chi connectivity index (χ4n) is 1.74. The van der Waals surface area contributed by atoms with Gasteiger partial charge in [0.1, 0.15) is 5.82 Å². The lowest BCUT2D eigenvalue weighted by Crippen LogP contribution is -1.97. The van der Waals surface area contributed by atoms with Crippen LogP contribution in [0.1, 0.15) is 16.0 Å². The first kappa shape index (κ1) is 14.5. The predicted octanol–water partition coefficient (Wildman–Crippen LogP) is 5.87. The summed E-state index contributed by atoms with van der Waals surface area (Å²) in [6, 6.07) is 13.0. The largest absolute Gasteiger partial charge is 0.207 e. The Morgan fingerprint density at radius 1 is 1.17 bits per heavy atom. The molecule has 4 heteroatoms. The van der Waals surface area contributed by atoms with Gasteiger partial charge in [-0.2, -0.15) is 0 Å². The first-order valence-corrected chi connectivity index (χ1v) is 8.18. The Labute approximate surface area is 136 Å². The molecule has 0 heterocycles. The molecule has 1 atom stereocenters. The maximum Gasteiger partial charge on any atom is 0.123 e. The van der Waals surface area contributed by atoms with E-state index in [4.69, 9.17) is 0 Å². The van der Waals surface area contributed by atoms with Crippen molar-refractivity contribution in [1.82, 2.24) is 0 Å². The molecule has 2 aromatic carbocycles. The zero-order valence-electron chi connectivity index (χ0n) is 9.34. The van der Waals surface area contributed by atoms with E-state index in [9.17, 15) is 4.39 Å². The summed E-state index contributed by atoms with van der Waals surface area (Å²) < 4.78 is 15.4. The van der Waals surface area contributed by atoms with Crippen molar-refractivity contribution < 1.29 is 4.39 Å². The van der Waals surface area contributed by atoms with Gasteiger partial charge >= 0.3 is 0 Å². The molecule has 2 aromatic rings. The molecule has 1 unspecified atom stereocenters. The molecular weight excluding hydrogens is 474 g/mol. The third kappa shape index (κ3) is 3.78. The molecule has 0 aliphatic carbocycles. The summed E-state index contributed by atoms with van der Waals surface area (Å²) in [5.41, 5.74) is 2.17. The lowest BCUT2D eigenvalue weighted by atomic mass is 10.0. The summed E-state index contributed by atoms with van der Waals surface area (Å²) in [6.07, 6.45) is 0.760. The van der Waals surface area contributed by atoms with E-state index >= 15 is 0 Å². The molecule has 0 spiro atoms. The molecule has 0 aliphatic rings. The molecular formula is C14H10Br2FI. The summed E-state index contributed by atoms with van der Waals surface area (Å²) in [5, 5.41) is 0. The minimum atomic E-state index is -0.186. The standard InChI is InChI=1S/C14H10Br2FI/c15-13-5-4-11(18)8-12(13)14(16)7-9-2-1-3-10(17)6-9/h1-6,8,14H,7H2. The smallest absolute Gasteiger partial charge is 0.123 e. The number of rotatable bonds is 3. The number of alkyl halides is 1. The van der Waals surface area contributed by atoms with Crippen LogP contribution in [0, 0.1) is 9.39 Å². The Balaban J connectivity index is 2.21. The van der Waals surface area contributed by atoms with Crippen LogP contribution in [0.3, 0.4) is 0 Å². The Bertz CT molecular complexity index is 557. The van der Waals surface area contributed by atoms with Gasteiger partial charge in [0.25, 0.3) is 0 Å². The molecule has 0 N–H and O–H groups in total. The van der Waals surface area contributed by atoms with E-state index in [2.05, 4.69) is 66.6 Å². The first-order valence-electron chi connectivity index (χ1n) is 5.40. The predicted molar refractivity (Wildman–Crippen MR) is 88.6 cm³/mol. The minimum Gasteiger partial charge on any atom is -0.207 e. The van der Waals surface area contributed by atoms with E-state index in [1.807, 2.05) is 12.1 Å². The molecule has 94 valence electrons. The minimum absolute atomic E-state index is 0.170. The zero-order valence-corrected chi connectivity index (χ0v) is 14.7. The number of hydrogen-bond donors (Lipinski definition) is 0. The lowest BCUT2D eigenvalue weighted by molar-refractivity contribution is 0.625. The highest BCUT2D eigenvalue weighted by Gasteiger charge is 2.12. The molecule has 0 bridgehead atoms. The maximum absolute atomic E-state index is 13.1. The Hall–Kier alpha value is 0.0600. The van der Waals surface area contributed by atoms with E-state index in [1.54, 1.807) is 12.1 Å². The van der Waals surface area contributed by atoms with E-state index in [0.717, 1.165) is 16.5 Å². The van der Waals surface area contributed by atoms with Gasteiger partial charge in [0.2, 0.25) is 0 Å². The molecule has 0 saturated carbocycles. The van der Waals surface area contributed by atoms with Gasteiger partial charge in [-0.1, -0.05) is 44.0 Å². The van der Waals surface area contributed by atoms with Gasteiger partial charge in [-0.05, 0) is 70.5 Å². The zero-order chi connectivity index (χ0) is 13.1. The second-order valence-corrected chi connectivity index (χ2v) is 7.17. The maximum atomic E-state index is 13.1. The third-order valence-corrected chi connectivity index (χ3v) is 4.81. The van der Waals surface area contributed by atoms with Crippen LogP contribution in [0.5, 0.6) is 0 Å². The van der Waals surface area contributed by atoms with Gasteiger partial charge in [-0.25, -0.2) is 4.39 Å². The molecule has 0 aliphatic heterocycles. The molecule has 0 radical (unpaired) electrons. The van der Waals surface area contributed by atoms with Crippen LogP contribution >= 0.6 is 54.5 Å². The molecule has 0 saturated heterocycles. The normalized spacial score (nSPS) is 12.4. The van der Waals surface area contributed by atoms with Gasteiger partial charge in [-0.3, -0.25) is 0 Å². The van der Waals surface area contributed by atoms with Crippen LogP contribution in [-0.4, -0.2) is 0 Å². The molecule has 0 nitrogen and oxygen atoms in total. The van der Waals surface area contributed by atoms with E-state index in [0.29, 0.717) is 0 Å². The van der Waals surface area contributed by atoms with Gasteiger partial charge in [-0.15, -0.1) is 0 Å². The van der Waals surface area contributed by atoms with Crippen molar-refractivity contribution in [3.63, 3.8) is 0 Å². The van der Waals surface area contributed by atoms with Crippen LogP contribution in [0.2, 0.25) is 0 Å². The van der Waals surface area contributed by atoms with Crippen LogP contribution in [-0.2, 0) is 6.42 Å². The van der Waals surface area contributed by atoms with E-state index in [1.165, 1.54) is 15.2 Å². The summed E-state index contributed by atoms with van der Waals surface area (Å²) in [5.74, 6) is -0.186. The quantitative estimate of drug-likeness (QED) is 0.378. The highest BCUT2D eigenvalue weighted by Crippen LogP contribution is 2.33. The highest BCUT2D eigenvalue weighted by molar-refractivity contribution is 14.1. The average molecular weight is 484 g/mol. The molecule has 0 fully saturated rings. The molecule has 18 heavy (non-hydrogen) atoms. The Kier molecular flexibility index (Phi) is 5.21. The van der Waals surface area contributed by atoms with Crippen LogP contribution in [0.15, 0.2) is 46.9 Å². The average Bonchev–Trinajstić information content (AvgIpc) is 2.32. The molecule has 2 rings (SSSR count). The van der Waals surface area contributed by atoms with Crippen molar-refractivity contribution in [1.29, 1.82) is 0 Å². The summed E-state index contributed by atoms with van der Waals surface area (Å²) >= 11 is 9.52. The Morgan fingerprint density at radius 3 is 2.67 bits per heavy atom. The highest BCUT2D eigenvalue weighted by atomic mass is 127. The van der Waals surface area contributed by atoms with Crippen molar-refractivity contribution in [3.8, 4) is 0 Å². The first-order chi connectivity index (χ1) is 8.56. The van der Waals surface area contributed by atoms with Crippen molar-refractivity contribution >= 4 is 54.5 Å². The van der Waals surface area contributed by atoms with Gasteiger partial charge in [0.05, 0.1) is 0 Å². The van der Waals surface area contributed by atoms with E-state index < -0.39 is 0 Å². The van der Waals surface area contributed by atoms with Crippen molar-refractivity contribution in [3.05, 3.63) is 67.5 Å². The number of hydrogen-bond acceptors (Lipinski definition) is 0. The SMILES string of the molecule is Fc1cccc(CC(Br)c2cc(I)ccc2Br)c1. The summed E-state index contributed by atoms with van der Waals surface area (Å²) in [6.45, 7) is 0. The van der Waals surface area contributed by atoms with Crippen molar-refractivity contribution in [2.75, 3.05) is 0 Å². The van der Waals surface area contributed by atoms with Crippen LogP contribution in [0.25, 0.3) is 0 Å². The Morgan fingerprint density at radius 2 is 1.94 bits per heavy atom. The lowest BCUT2D eigenvalue weighted by Gasteiger charge is -2.13. The number of halogens is 4. The van der Waals surface area contributed by atoms with Gasteiger partial charge in [0.15, 0.2) is 0 Å². The summed E-state index contributed by atoms with van der Waals surface area (Å²) in [4.78, 5) is 0.170. The second kappa shape index (κ2) is 6.48. The molecule has 0 aromatic heterocycles. The molecule has 0 amide bonds. The van der Waals surface area contributed by atoms with Crippen LogP contribution in [0.4, 0.5) is 4.39 Å². The van der Waals surface area contributed by atoms with Crippen molar-refractivity contribution in [2.24, 2.45) is 0 Å². The number of benzene rings is 2.